The Morgan fingerprint density at radius 2 is 1.20 bits per heavy atom. The van der Waals surface area contributed by atoms with Crippen molar-refractivity contribution in [2.24, 2.45) is 0 Å². The van der Waals surface area contributed by atoms with Crippen LogP contribution in [0, 0.1) is 0 Å². The molecule has 2 aromatic heterocycles. The van der Waals surface area contributed by atoms with Gasteiger partial charge in [0.2, 0.25) is 0 Å². The van der Waals surface area contributed by atoms with E-state index in [2.05, 4.69) is 137 Å². The average Bonchev–Trinajstić information content (AvgIpc) is 3.38. The first kappa shape index (κ1) is 24.5. The second-order valence-corrected chi connectivity index (χ2v) is 13.3. The van der Waals surface area contributed by atoms with Crippen LogP contribution >= 0.6 is 11.3 Å². The van der Waals surface area contributed by atoms with Gasteiger partial charge < -0.3 is 0 Å². The van der Waals surface area contributed by atoms with Gasteiger partial charge in [-0.25, -0.2) is 9.97 Å². The average molecular weight is 547 g/mol. The van der Waals surface area contributed by atoms with Gasteiger partial charge in [-0.05, 0) is 51.3 Å². The van der Waals surface area contributed by atoms with E-state index in [-0.39, 0.29) is 10.8 Å². The van der Waals surface area contributed by atoms with Crippen molar-refractivity contribution in [1.82, 2.24) is 9.97 Å². The van der Waals surface area contributed by atoms with Crippen LogP contribution in [0.15, 0.2) is 109 Å². The molecule has 0 atom stereocenters. The number of fused-ring (bicyclic) bond motifs is 7. The van der Waals surface area contributed by atoms with E-state index in [1.807, 2.05) is 11.3 Å². The number of aromatic nitrogens is 2. The molecule has 0 fully saturated rings. The number of thiophene rings is 1. The highest BCUT2D eigenvalue weighted by Gasteiger charge is 2.45. The highest BCUT2D eigenvalue weighted by molar-refractivity contribution is 7.26. The Morgan fingerprint density at radius 1 is 0.537 bits per heavy atom. The normalized spacial score (nSPS) is 15.2. The number of rotatable bonds is 2. The Bertz CT molecular complexity index is 2170. The molecule has 0 saturated carbocycles. The summed E-state index contributed by atoms with van der Waals surface area (Å²) in [5.74, 6) is 0.764. The standard InChI is InChI=1S/C38H30N2S/c1-37(2)30-17-8-5-12-24(30)29-22-23(20-21-31(29)38(37,3)4)36-39-32-18-9-6-14-27(32)34(40-36)28-16-11-15-26-25-13-7-10-19-33(25)41-35(26)28/h5-22H,1-4H3. The lowest BCUT2D eigenvalue weighted by Gasteiger charge is -2.48. The molecule has 2 heterocycles. The molecule has 1 aliphatic carbocycles. The van der Waals surface area contributed by atoms with Crippen molar-refractivity contribution in [2.45, 2.75) is 38.5 Å². The van der Waals surface area contributed by atoms with Gasteiger partial charge in [0.1, 0.15) is 0 Å². The molecule has 41 heavy (non-hydrogen) atoms. The van der Waals surface area contributed by atoms with E-state index >= 15 is 0 Å². The molecule has 0 radical (unpaired) electrons. The van der Waals surface area contributed by atoms with Gasteiger partial charge in [0.05, 0.1) is 11.2 Å². The summed E-state index contributed by atoms with van der Waals surface area (Å²) in [4.78, 5) is 10.4. The van der Waals surface area contributed by atoms with Gasteiger partial charge in [0.25, 0.3) is 0 Å². The molecule has 2 nitrogen and oxygen atoms in total. The molecule has 0 N–H and O–H groups in total. The zero-order chi connectivity index (χ0) is 27.9. The van der Waals surface area contributed by atoms with E-state index in [1.165, 1.54) is 42.4 Å². The number of para-hydroxylation sites is 1. The Morgan fingerprint density at radius 3 is 2.05 bits per heavy atom. The van der Waals surface area contributed by atoms with Crippen LogP contribution in [0.25, 0.3) is 64.8 Å². The fraction of sp³-hybridized carbons (Fsp3) is 0.158. The molecule has 5 aromatic carbocycles. The first-order chi connectivity index (χ1) is 19.8. The number of hydrogen-bond acceptors (Lipinski definition) is 3. The van der Waals surface area contributed by atoms with Gasteiger partial charge in [-0.3, -0.25) is 0 Å². The van der Waals surface area contributed by atoms with Crippen LogP contribution in [0.3, 0.4) is 0 Å². The summed E-state index contributed by atoms with van der Waals surface area (Å²) < 4.78 is 2.57. The third-order valence-electron chi connectivity index (χ3n) is 9.67. The van der Waals surface area contributed by atoms with Crippen molar-refractivity contribution in [3.05, 3.63) is 120 Å². The summed E-state index contributed by atoms with van der Waals surface area (Å²) in [6.07, 6.45) is 0. The third-order valence-corrected chi connectivity index (χ3v) is 10.9. The zero-order valence-corrected chi connectivity index (χ0v) is 24.5. The van der Waals surface area contributed by atoms with E-state index in [0.717, 1.165) is 33.5 Å². The van der Waals surface area contributed by atoms with E-state index in [0.29, 0.717) is 0 Å². The molecule has 3 heteroatoms. The largest absolute Gasteiger partial charge is 0.228 e. The van der Waals surface area contributed by atoms with Crippen LogP contribution in [0.4, 0.5) is 0 Å². The molecular weight excluding hydrogens is 516 g/mol. The maximum absolute atomic E-state index is 5.33. The second kappa shape index (κ2) is 8.58. The van der Waals surface area contributed by atoms with Crippen LogP contribution < -0.4 is 0 Å². The quantitative estimate of drug-likeness (QED) is 0.215. The summed E-state index contributed by atoms with van der Waals surface area (Å²) in [5, 5.41) is 3.65. The van der Waals surface area contributed by atoms with Gasteiger partial charge in [0.15, 0.2) is 5.82 Å². The molecule has 1 aliphatic rings. The Kier molecular flexibility index (Phi) is 5.12. The number of benzene rings is 5. The van der Waals surface area contributed by atoms with Crippen molar-refractivity contribution >= 4 is 42.4 Å². The molecular formula is C38H30N2S. The molecule has 0 spiro atoms. The van der Waals surface area contributed by atoms with E-state index < -0.39 is 0 Å². The summed E-state index contributed by atoms with van der Waals surface area (Å²) in [7, 11) is 0. The minimum absolute atomic E-state index is 0.00760. The van der Waals surface area contributed by atoms with Crippen LogP contribution in [0.1, 0.15) is 38.8 Å². The first-order valence-electron chi connectivity index (χ1n) is 14.3. The monoisotopic (exact) mass is 546 g/mol. The SMILES string of the molecule is CC1(C)c2ccccc2-c2cc(-c3nc(-c4cccc5c4sc4ccccc45)c4ccccc4n3)ccc2C1(C)C. The van der Waals surface area contributed by atoms with Crippen molar-refractivity contribution in [3.8, 4) is 33.8 Å². The van der Waals surface area contributed by atoms with Gasteiger partial charge in [-0.2, -0.15) is 0 Å². The molecule has 198 valence electrons. The van der Waals surface area contributed by atoms with Crippen molar-refractivity contribution in [3.63, 3.8) is 0 Å². The van der Waals surface area contributed by atoms with E-state index in [9.17, 15) is 0 Å². The lowest BCUT2D eigenvalue weighted by molar-refractivity contribution is 0.299. The zero-order valence-electron chi connectivity index (χ0n) is 23.7. The van der Waals surface area contributed by atoms with Gasteiger partial charge in [0, 0.05) is 36.7 Å². The minimum atomic E-state index is -0.0263. The van der Waals surface area contributed by atoms with Gasteiger partial charge >= 0.3 is 0 Å². The summed E-state index contributed by atoms with van der Waals surface area (Å²) in [6, 6.07) is 39.4. The fourth-order valence-corrected chi connectivity index (χ4v) is 7.95. The Hall–Kier alpha value is -4.34. The topological polar surface area (TPSA) is 25.8 Å². The number of nitrogens with zero attached hydrogens (tertiary/aromatic N) is 2. The third kappa shape index (κ3) is 3.42. The number of hydrogen-bond donors (Lipinski definition) is 0. The van der Waals surface area contributed by atoms with Crippen LogP contribution in [0.5, 0.6) is 0 Å². The molecule has 0 amide bonds. The molecule has 7 aromatic rings. The van der Waals surface area contributed by atoms with Crippen LogP contribution in [-0.4, -0.2) is 9.97 Å². The summed E-state index contributed by atoms with van der Waals surface area (Å²) >= 11 is 1.84. The summed E-state index contributed by atoms with van der Waals surface area (Å²) in [5.41, 5.74) is 9.51. The maximum Gasteiger partial charge on any atom is 0.160 e. The second-order valence-electron chi connectivity index (χ2n) is 12.2. The lowest BCUT2D eigenvalue weighted by atomic mass is 9.55. The Balaban J connectivity index is 1.38. The highest BCUT2D eigenvalue weighted by atomic mass is 32.1. The van der Waals surface area contributed by atoms with Crippen molar-refractivity contribution < 1.29 is 0 Å². The van der Waals surface area contributed by atoms with Gasteiger partial charge in [-0.1, -0.05) is 119 Å². The van der Waals surface area contributed by atoms with Crippen LogP contribution in [0.2, 0.25) is 0 Å². The van der Waals surface area contributed by atoms with Gasteiger partial charge in [-0.15, -0.1) is 11.3 Å². The molecule has 0 aliphatic heterocycles. The van der Waals surface area contributed by atoms with Crippen molar-refractivity contribution in [1.29, 1.82) is 0 Å². The lowest BCUT2D eigenvalue weighted by Crippen LogP contribution is -2.43. The van der Waals surface area contributed by atoms with E-state index in [4.69, 9.17) is 9.97 Å². The first-order valence-corrected chi connectivity index (χ1v) is 15.1. The van der Waals surface area contributed by atoms with Crippen molar-refractivity contribution in [2.75, 3.05) is 0 Å². The maximum atomic E-state index is 5.33. The minimum Gasteiger partial charge on any atom is -0.228 e. The predicted octanol–water partition coefficient (Wildman–Crippen LogP) is 10.6. The van der Waals surface area contributed by atoms with E-state index in [1.54, 1.807) is 0 Å². The molecule has 0 unspecified atom stereocenters. The molecule has 8 rings (SSSR count). The summed E-state index contributed by atoms with van der Waals surface area (Å²) in [6.45, 7) is 9.49. The smallest absolute Gasteiger partial charge is 0.160 e. The molecule has 0 bridgehead atoms. The predicted molar refractivity (Wildman–Crippen MR) is 175 cm³/mol. The highest BCUT2D eigenvalue weighted by Crippen LogP contribution is 2.54. The fourth-order valence-electron chi connectivity index (χ4n) is 6.73. The van der Waals surface area contributed by atoms with Crippen LogP contribution in [-0.2, 0) is 10.8 Å². The Labute approximate surface area is 244 Å². The molecule has 0 saturated heterocycles.